The quantitative estimate of drug-likeness (QED) is 0.0289. The molecule has 0 spiro atoms. The molecule has 398 valence electrons. The van der Waals surface area contributed by atoms with Crippen LogP contribution in [0.25, 0.3) is 0 Å². The van der Waals surface area contributed by atoms with Crippen LogP contribution in [0.5, 0.6) is 0 Å². The summed E-state index contributed by atoms with van der Waals surface area (Å²) in [5.41, 5.74) is 17.0. The zero-order valence-corrected chi connectivity index (χ0v) is 40.7. The van der Waals surface area contributed by atoms with Gasteiger partial charge in [0.2, 0.25) is 53.2 Å². The Kier molecular flexibility index (Phi) is 28.2. The fraction of sp³-hybridized carbons (Fsp3) is 0.622. The summed E-state index contributed by atoms with van der Waals surface area (Å²) >= 11 is 0. The first-order valence-corrected chi connectivity index (χ1v) is 23.3. The van der Waals surface area contributed by atoms with E-state index in [9.17, 15) is 68.1 Å². The van der Waals surface area contributed by atoms with Crippen molar-refractivity contribution in [1.82, 2.24) is 42.5 Å². The highest BCUT2D eigenvalue weighted by Gasteiger charge is 2.36. The molecule has 0 unspecified atom stereocenters. The second kappa shape index (κ2) is 32.2. The molecule has 0 aromatic heterocycles. The van der Waals surface area contributed by atoms with E-state index >= 15 is 0 Å². The van der Waals surface area contributed by atoms with Crippen molar-refractivity contribution in [2.24, 2.45) is 29.0 Å². The summed E-state index contributed by atoms with van der Waals surface area (Å²) in [6.45, 7) is 6.43. The Morgan fingerprint density at radius 2 is 1.11 bits per heavy atom. The van der Waals surface area contributed by atoms with Crippen LogP contribution >= 0.6 is 0 Å². The zero-order valence-electron chi connectivity index (χ0n) is 40.7. The minimum absolute atomic E-state index is 0.00110. The monoisotopic (exact) mass is 1010 g/mol. The lowest BCUT2D eigenvalue weighted by molar-refractivity contribution is -0.144. The molecule has 1 rings (SSSR count). The largest absolute Gasteiger partial charge is 0.481 e. The van der Waals surface area contributed by atoms with E-state index in [0.717, 1.165) is 6.92 Å². The normalized spacial score (nSPS) is 15.7. The van der Waals surface area contributed by atoms with Gasteiger partial charge in [0.15, 0.2) is 0 Å². The highest BCUT2D eigenvalue weighted by Crippen LogP contribution is 2.13. The molecule has 1 aromatic carbocycles. The van der Waals surface area contributed by atoms with Gasteiger partial charge in [-0.25, -0.2) is 4.79 Å². The lowest BCUT2D eigenvalue weighted by Crippen LogP contribution is -2.61. The van der Waals surface area contributed by atoms with Crippen molar-refractivity contribution in [3.05, 3.63) is 35.9 Å². The van der Waals surface area contributed by atoms with E-state index in [4.69, 9.17) is 22.3 Å². The van der Waals surface area contributed by atoms with Gasteiger partial charge in [0.05, 0.1) is 31.7 Å². The first kappa shape index (κ1) is 62.2. The standard InChI is InChI=1S/C45H73N11O15/c1-6-23(3)35(42(67)49-21-33(60)54-36(24(4)7-2)43(68)56-37(25(5)58)44(69)51-29(45(70)71)16-17-34(61)62)55-40(65)30(19-26-13-9-8-10-14-26)52-39(64)28(15-11-12-18-46)50-41(66)31(22-57)53-38(63)27(47)20-32(48)59/h8-10,13-14,23-25,27-31,35-37,57-58H,6-7,11-12,15-22,46-47H2,1-5H3,(H2,48,59)(H,49,67)(H,50,66)(H,51,69)(H,52,64)(H,53,63)(H,54,60)(H,55,65)(H,56,68)(H,61,62)(H,70,71)/t23-,24-,25+,27-,28-,29-,30-,31-,35-,36-,37-/m0/s1. The summed E-state index contributed by atoms with van der Waals surface area (Å²) in [6.07, 6.45) is -1.91. The zero-order chi connectivity index (χ0) is 54.0. The summed E-state index contributed by atoms with van der Waals surface area (Å²) in [4.78, 5) is 142. The summed E-state index contributed by atoms with van der Waals surface area (Å²) in [7, 11) is 0. The number of aliphatic hydroxyl groups excluding tert-OH is 2. The maximum absolute atomic E-state index is 14.2. The van der Waals surface area contributed by atoms with E-state index in [1.807, 2.05) is 0 Å². The van der Waals surface area contributed by atoms with Gasteiger partial charge < -0.3 is 80.2 Å². The number of benzene rings is 1. The Labute approximate surface area is 411 Å². The molecule has 9 amide bonds. The van der Waals surface area contributed by atoms with Crippen molar-refractivity contribution in [2.75, 3.05) is 19.7 Å². The Morgan fingerprint density at radius 3 is 1.63 bits per heavy atom. The molecule has 71 heavy (non-hydrogen) atoms. The summed E-state index contributed by atoms with van der Waals surface area (Å²) in [5.74, 6) is -12.3. The number of carbonyl (C=O) groups is 11. The number of carboxylic acid groups (broad SMARTS) is 2. The maximum Gasteiger partial charge on any atom is 0.326 e. The Balaban J connectivity index is 3.33. The molecule has 0 radical (unpaired) electrons. The number of rotatable bonds is 34. The van der Waals surface area contributed by atoms with Crippen molar-refractivity contribution in [1.29, 1.82) is 0 Å². The second-order valence-corrected chi connectivity index (χ2v) is 17.2. The van der Waals surface area contributed by atoms with Crippen LogP contribution in [0.4, 0.5) is 0 Å². The summed E-state index contributed by atoms with van der Waals surface area (Å²) < 4.78 is 0. The first-order valence-electron chi connectivity index (χ1n) is 23.3. The molecule has 0 aliphatic carbocycles. The lowest BCUT2D eigenvalue weighted by atomic mass is 9.96. The molecule has 0 fully saturated rings. The van der Waals surface area contributed by atoms with E-state index in [1.54, 1.807) is 58.0 Å². The van der Waals surface area contributed by atoms with Crippen molar-refractivity contribution in [3.8, 4) is 0 Å². The number of carboxylic acids is 2. The highest BCUT2D eigenvalue weighted by atomic mass is 16.4. The summed E-state index contributed by atoms with van der Waals surface area (Å²) in [5, 5.41) is 58.1. The van der Waals surface area contributed by atoms with Gasteiger partial charge in [-0.05, 0) is 56.6 Å². The van der Waals surface area contributed by atoms with Gasteiger partial charge in [0.1, 0.15) is 42.3 Å². The molecule has 0 aliphatic rings. The lowest BCUT2D eigenvalue weighted by Gasteiger charge is -2.29. The number of amides is 9. The number of unbranched alkanes of at least 4 members (excludes halogenated alkanes) is 1. The predicted molar refractivity (Wildman–Crippen MR) is 254 cm³/mol. The van der Waals surface area contributed by atoms with E-state index < -0.39 is 164 Å². The van der Waals surface area contributed by atoms with Gasteiger partial charge in [-0.15, -0.1) is 0 Å². The smallest absolute Gasteiger partial charge is 0.326 e. The average molecular weight is 1010 g/mol. The van der Waals surface area contributed by atoms with Crippen LogP contribution in [0.1, 0.15) is 91.5 Å². The van der Waals surface area contributed by atoms with E-state index in [2.05, 4.69) is 42.5 Å². The van der Waals surface area contributed by atoms with Crippen LogP contribution in [0.15, 0.2) is 30.3 Å². The minimum Gasteiger partial charge on any atom is -0.481 e. The topological polar surface area (TPSA) is 443 Å². The molecule has 26 nitrogen and oxygen atoms in total. The van der Waals surface area contributed by atoms with Gasteiger partial charge in [0.25, 0.3) is 0 Å². The van der Waals surface area contributed by atoms with Crippen molar-refractivity contribution in [3.63, 3.8) is 0 Å². The van der Waals surface area contributed by atoms with Crippen LogP contribution in [-0.4, -0.2) is 160 Å². The fourth-order valence-corrected chi connectivity index (χ4v) is 6.74. The summed E-state index contributed by atoms with van der Waals surface area (Å²) in [6, 6.07) is -3.29. The molecule has 26 heteroatoms. The van der Waals surface area contributed by atoms with Crippen LogP contribution in [0.3, 0.4) is 0 Å². The van der Waals surface area contributed by atoms with Crippen molar-refractivity contribution < 1.29 is 73.2 Å². The number of aliphatic hydroxyl groups is 2. The Morgan fingerprint density at radius 1 is 0.606 bits per heavy atom. The van der Waals surface area contributed by atoms with Gasteiger partial charge in [0, 0.05) is 12.8 Å². The number of aliphatic carboxylic acids is 2. The minimum atomic E-state index is -1.73. The van der Waals surface area contributed by atoms with Crippen LogP contribution in [0, 0.1) is 11.8 Å². The molecule has 0 heterocycles. The van der Waals surface area contributed by atoms with Crippen molar-refractivity contribution in [2.45, 2.75) is 147 Å². The van der Waals surface area contributed by atoms with Crippen LogP contribution in [-0.2, 0) is 59.2 Å². The molecule has 1 aromatic rings. The molecule has 0 bridgehead atoms. The number of nitrogens with two attached hydrogens (primary N) is 3. The maximum atomic E-state index is 14.2. The number of hydrogen-bond donors (Lipinski definition) is 15. The third-order valence-electron chi connectivity index (χ3n) is 11.4. The molecular formula is C45H73N11O15. The van der Waals surface area contributed by atoms with Gasteiger partial charge in [-0.1, -0.05) is 70.9 Å². The number of nitrogens with one attached hydrogen (secondary N) is 8. The van der Waals surface area contributed by atoms with Gasteiger partial charge >= 0.3 is 11.9 Å². The molecule has 0 saturated carbocycles. The average Bonchev–Trinajstić information content (AvgIpc) is 3.32. The van der Waals surface area contributed by atoms with E-state index in [-0.39, 0.29) is 19.4 Å². The molecular weight excluding hydrogens is 935 g/mol. The number of hydrogen-bond acceptors (Lipinski definition) is 15. The number of carbonyl (C=O) groups excluding carboxylic acids is 9. The second-order valence-electron chi connectivity index (χ2n) is 17.2. The first-order chi connectivity index (χ1) is 33.4. The molecule has 0 aliphatic heterocycles. The third-order valence-corrected chi connectivity index (χ3v) is 11.4. The Bertz CT molecular complexity index is 1980. The van der Waals surface area contributed by atoms with Gasteiger partial charge in [-0.2, -0.15) is 0 Å². The highest BCUT2D eigenvalue weighted by molar-refractivity contribution is 5.98. The SMILES string of the molecule is CC[C@H](C)[C@H](NC(=O)CNC(=O)[C@@H](NC(=O)[C@H](Cc1ccccc1)NC(=O)[C@H](CCCCN)NC(=O)[C@H](CO)NC(=O)[C@@H](N)CC(N)=O)[C@@H](C)CC)C(=O)N[C@H](C(=O)N[C@@H](CCC(=O)O)C(=O)O)[C@@H](C)O. The van der Waals surface area contributed by atoms with Crippen molar-refractivity contribution >= 4 is 65.1 Å². The third kappa shape index (κ3) is 22.7. The fourth-order valence-electron chi connectivity index (χ4n) is 6.74. The van der Waals surface area contributed by atoms with Gasteiger partial charge in [-0.3, -0.25) is 47.9 Å². The molecule has 11 atom stereocenters. The van der Waals surface area contributed by atoms with E-state index in [1.165, 1.54) is 0 Å². The molecule has 18 N–H and O–H groups in total. The Hall–Kier alpha value is -6.77. The van der Waals surface area contributed by atoms with Crippen LogP contribution < -0.4 is 59.7 Å². The van der Waals surface area contributed by atoms with E-state index in [0.29, 0.717) is 31.2 Å². The molecule has 0 saturated heterocycles. The van der Waals surface area contributed by atoms with Crippen LogP contribution in [0.2, 0.25) is 0 Å². The predicted octanol–water partition coefficient (Wildman–Crippen LogP) is -4.51. The number of primary amides is 1.